The molecule has 4 rings (SSSR count). The van der Waals surface area contributed by atoms with E-state index in [-0.39, 0.29) is 39.7 Å². The number of amides is 1. The minimum atomic E-state index is -0.905. The Morgan fingerprint density at radius 2 is 1.85 bits per heavy atom. The van der Waals surface area contributed by atoms with Crippen LogP contribution in [0.25, 0.3) is 16.6 Å². The number of nitrogens with zero attached hydrogens (tertiary/aromatic N) is 2. The Hall–Kier alpha value is -4.14. The molecule has 2 aromatic heterocycles. The summed E-state index contributed by atoms with van der Waals surface area (Å²) in [4.78, 5) is 25.0. The maximum Gasteiger partial charge on any atom is 0.251 e. The van der Waals surface area contributed by atoms with Crippen molar-refractivity contribution in [1.29, 1.82) is 0 Å². The number of carbonyl (C=O) groups is 1. The molecule has 0 saturated carbocycles. The van der Waals surface area contributed by atoms with Crippen LogP contribution in [-0.4, -0.2) is 22.1 Å². The van der Waals surface area contributed by atoms with E-state index in [2.05, 4.69) is 10.4 Å². The van der Waals surface area contributed by atoms with E-state index in [1.807, 2.05) is 6.92 Å². The van der Waals surface area contributed by atoms with Gasteiger partial charge in [-0.2, -0.15) is 0 Å². The van der Waals surface area contributed by atoms with Gasteiger partial charge in [0.05, 0.1) is 11.1 Å². The van der Waals surface area contributed by atoms with Crippen LogP contribution in [0.1, 0.15) is 23.7 Å². The number of carbonyl (C=O) groups excluding carboxylic acids is 1. The molecule has 0 saturated heterocycles. The van der Waals surface area contributed by atoms with Crippen LogP contribution in [0.15, 0.2) is 65.6 Å². The summed E-state index contributed by atoms with van der Waals surface area (Å²) in [5.41, 5.74) is -0.0603. The molecule has 2 heterocycles. The number of rotatable bonds is 6. The van der Waals surface area contributed by atoms with Crippen LogP contribution in [0.4, 0.5) is 13.2 Å². The fourth-order valence-electron chi connectivity index (χ4n) is 3.27. The van der Waals surface area contributed by atoms with Gasteiger partial charge in [-0.25, -0.2) is 17.7 Å². The van der Waals surface area contributed by atoms with E-state index in [4.69, 9.17) is 4.74 Å². The Bertz CT molecular complexity index is 1420. The first-order valence-electron chi connectivity index (χ1n) is 10.1. The van der Waals surface area contributed by atoms with Crippen molar-refractivity contribution in [3.8, 4) is 22.8 Å². The molecule has 0 aliphatic heterocycles. The number of aromatic nitrogens is 2. The van der Waals surface area contributed by atoms with Gasteiger partial charge in [-0.05, 0) is 42.8 Å². The molecule has 0 aliphatic rings. The number of ether oxygens (including phenoxy) is 1. The molecule has 0 unspecified atom stereocenters. The first kappa shape index (κ1) is 22.1. The summed E-state index contributed by atoms with van der Waals surface area (Å²) < 4.78 is 48.4. The van der Waals surface area contributed by atoms with E-state index in [1.165, 1.54) is 41.0 Å². The molecule has 0 fully saturated rings. The fourth-order valence-corrected chi connectivity index (χ4v) is 3.27. The Morgan fingerprint density at radius 1 is 1.03 bits per heavy atom. The molecule has 6 nitrogen and oxygen atoms in total. The lowest BCUT2D eigenvalue weighted by atomic mass is 10.0. The molecule has 33 heavy (non-hydrogen) atoms. The SMILES string of the molecule is CCCNC(=O)c1ccc(F)c(-c2c(=O)ccn3nc(Oc4ccc(F)cc4F)ccc23)c1. The summed E-state index contributed by atoms with van der Waals surface area (Å²) in [6, 6.07) is 10.7. The van der Waals surface area contributed by atoms with E-state index < -0.39 is 22.9 Å². The Kier molecular flexibility index (Phi) is 6.12. The molecule has 0 atom stereocenters. The first-order chi connectivity index (χ1) is 15.9. The summed E-state index contributed by atoms with van der Waals surface area (Å²) in [6.45, 7) is 2.37. The summed E-state index contributed by atoms with van der Waals surface area (Å²) in [5.74, 6) is -2.98. The smallest absolute Gasteiger partial charge is 0.251 e. The van der Waals surface area contributed by atoms with Crippen molar-refractivity contribution < 1.29 is 22.7 Å². The second kappa shape index (κ2) is 9.15. The van der Waals surface area contributed by atoms with Crippen molar-refractivity contribution in [2.45, 2.75) is 13.3 Å². The number of hydrogen-bond donors (Lipinski definition) is 1. The molecular weight excluding hydrogens is 435 g/mol. The zero-order chi connectivity index (χ0) is 23.5. The van der Waals surface area contributed by atoms with Crippen molar-refractivity contribution in [1.82, 2.24) is 14.9 Å². The van der Waals surface area contributed by atoms with E-state index >= 15 is 0 Å². The molecule has 1 amide bonds. The highest BCUT2D eigenvalue weighted by Gasteiger charge is 2.17. The predicted octanol–water partition coefficient (Wildman–Crippen LogP) is 4.71. The highest BCUT2D eigenvalue weighted by molar-refractivity contribution is 5.96. The third-order valence-corrected chi connectivity index (χ3v) is 4.85. The van der Waals surface area contributed by atoms with Crippen molar-refractivity contribution in [3.63, 3.8) is 0 Å². The van der Waals surface area contributed by atoms with Crippen molar-refractivity contribution >= 4 is 11.4 Å². The van der Waals surface area contributed by atoms with Gasteiger partial charge >= 0.3 is 0 Å². The molecule has 9 heteroatoms. The van der Waals surface area contributed by atoms with E-state index in [1.54, 1.807) is 0 Å². The third-order valence-electron chi connectivity index (χ3n) is 4.85. The molecule has 0 spiro atoms. The Morgan fingerprint density at radius 3 is 2.61 bits per heavy atom. The average Bonchev–Trinajstić information content (AvgIpc) is 2.80. The van der Waals surface area contributed by atoms with Gasteiger partial charge in [0.2, 0.25) is 5.88 Å². The van der Waals surface area contributed by atoms with Crippen molar-refractivity contribution in [2.24, 2.45) is 0 Å². The number of hydrogen-bond acceptors (Lipinski definition) is 4. The van der Waals surface area contributed by atoms with Gasteiger partial charge in [0.1, 0.15) is 11.6 Å². The summed E-state index contributed by atoms with van der Waals surface area (Å²) in [5, 5.41) is 6.89. The average molecular weight is 453 g/mol. The minimum Gasteiger partial charge on any atom is -0.434 e. The second-order valence-electron chi connectivity index (χ2n) is 7.18. The van der Waals surface area contributed by atoms with E-state index in [0.717, 1.165) is 24.6 Å². The molecule has 4 aromatic rings. The van der Waals surface area contributed by atoms with Crippen LogP contribution in [0.2, 0.25) is 0 Å². The van der Waals surface area contributed by atoms with Gasteiger partial charge in [0.25, 0.3) is 5.91 Å². The number of halogens is 3. The van der Waals surface area contributed by atoms with Crippen LogP contribution in [-0.2, 0) is 0 Å². The van der Waals surface area contributed by atoms with Crippen LogP contribution in [0.5, 0.6) is 11.6 Å². The molecular formula is C24H18F3N3O3. The normalized spacial score (nSPS) is 10.9. The lowest BCUT2D eigenvalue weighted by Crippen LogP contribution is -2.24. The molecule has 168 valence electrons. The van der Waals surface area contributed by atoms with Gasteiger partial charge < -0.3 is 10.1 Å². The molecule has 0 bridgehead atoms. The fraction of sp³-hybridized carbons (Fsp3) is 0.125. The van der Waals surface area contributed by atoms with Crippen LogP contribution in [0.3, 0.4) is 0 Å². The van der Waals surface area contributed by atoms with Gasteiger partial charge in [-0.1, -0.05) is 6.92 Å². The Labute approximate surface area is 186 Å². The van der Waals surface area contributed by atoms with Gasteiger partial charge in [-0.15, -0.1) is 5.10 Å². The topological polar surface area (TPSA) is 72.7 Å². The monoisotopic (exact) mass is 453 g/mol. The summed E-state index contributed by atoms with van der Waals surface area (Å²) >= 11 is 0. The zero-order valence-corrected chi connectivity index (χ0v) is 17.4. The van der Waals surface area contributed by atoms with E-state index in [0.29, 0.717) is 12.6 Å². The number of pyridine rings is 1. The van der Waals surface area contributed by atoms with Crippen LogP contribution >= 0.6 is 0 Å². The highest BCUT2D eigenvalue weighted by Crippen LogP contribution is 2.28. The highest BCUT2D eigenvalue weighted by atomic mass is 19.1. The van der Waals surface area contributed by atoms with Crippen molar-refractivity contribution in [3.05, 3.63) is 94.0 Å². The number of nitrogens with one attached hydrogen (secondary N) is 1. The quantitative estimate of drug-likeness (QED) is 0.459. The first-order valence-corrected chi connectivity index (χ1v) is 10.1. The minimum absolute atomic E-state index is 0.00662. The maximum absolute atomic E-state index is 14.7. The van der Waals surface area contributed by atoms with Crippen molar-refractivity contribution in [2.75, 3.05) is 6.54 Å². The lowest BCUT2D eigenvalue weighted by molar-refractivity contribution is 0.0953. The van der Waals surface area contributed by atoms with Crippen LogP contribution in [0, 0.1) is 17.5 Å². The predicted molar refractivity (Wildman–Crippen MR) is 116 cm³/mol. The molecule has 1 N–H and O–H groups in total. The maximum atomic E-state index is 14.7. The number of fused-ring (bicyclic) bond motifs is 1. The van der Waals surface area contributed by atoms with E-state index in [9.17, 15) is 22.8 Å². The van der Waals surface area contributed by atoms with Gasteiger partial charge in [-0.3, -0.25) is 9.59 Å². The zero-order valence-electron chi connectivity index (χ0n) is 17.4. The third kappa shape index (κ3) is 4.57. The van der Waals surface area contributed by atoms with Gasteiger partial charge in [0, 0.05) is 42.1 Å². The van der Waals surface area contributed by atoms with Gasteiger partial charge in [0.15, 0.2) is 17.0 Å². The lowest BCUT2D eigenvalue weighted by Gasteiger charge is -2.12. The Balaban J connectivity index is 1.77. The van der Waals surface area contributed by atoms with Crippen LogP contribution < -0.4 is 15.5 Å². The summed E-state index contributed by atoms with van der Waals surface area (Å²) in [7, 11) is 0. The number of benzene rings is 2. The second-order valence-corrected chi connectivity index (χ2v) is 7.18. The molecule has 2 aromatic carbocycles. The summed E-state index contributed by atoms with van der Waals surface area (Å²) in [6.07, 6.45) is 2.09. The largest absolute Gasteiger partial charge is 0.434 e. The molecule has 0 aliphatic carbocycles. The standard InChI is InChI=1S/C24H18F3N3O3/c1-2-10-28-24(32)14-3-5-17(26)16(12-14)23-19-6-8-22(29-30(19)11-9-20(23)31)33-21-7-4-15(25)13-18(21)27/h3-9,11-13H,2,10H2,1H3,(H,28,32). The molecule has 0 radical (unpaired) electrons.